The number of nitrogens with two attached hydrogens (primary N) is 1. The molecule has 0 saturated carbocycles. The molecule has 0 heterocycles. The van der Waals surface area contributed by atoms with E-state index in [2.05, 4.69) is 5.32 Å². The minimum Gasteiger partial charge on any atom is -0.399 e. The number of halogens is 1. The van der Waals surface area contributed by atoms with Crippen molar-refractivity contribution < 1.29 is 14.3 Å². The van der Waals surface area contributed by atoms with Crippen molar-refractivity contribution >= 4 is 28.9 Å². The fraction of sp³-hybridized carbons (Fsp3) is 0.364. The molecule has 0 bridgehead atoms. The molecule has 1 rings (SSSR count). The van der Waals surface area contributed by atoms with Gasteiger partial charge in [0.2, 0.25) is 5.91 Å². The van der Waals surface area contributed by atoms with Crippen molar-refractivity contribution in [1.82, 2.24) is 0 Å². The highest BCUT2D eigenvalue weighted by atomic mass is 35.5. The summed E-state index contributed by atoms with van der Waals surface area (Å²) in [5.74, 6) is -0.284. The second kappa shape index (κ2) is 7.11. The SMILES string of the molecule is COCCOCC(=O)Nc1cc(N)ccc1Cl. The lowest BCUT2D eigenvalue weighted by atomic mass is 10.3. The predicted molar refractivity (Wildman–Crippen MR) is 67.2 cm³/mol. The summed E-state index contributed by atoms with van der Waals surface area (Å²) in [6.07, 6.45) is 0. The molecule has 0 atom stereocenters. The lowest BCUT2D eigenvalue weighted by Gasteiger charge is -2.08. The second-order valence-corrected chi connectivity index (χ2v) is 3.74. The molecule has 0 aromatic heterocycles. The van der Waals surface area contributed by atoms with Crippen molar-refractivity contribution in [3.8, 4) is 0 Å². The van der Waals surface area contributed by atoms with Gasteiger partial charge in [-0.25, -0.2) is 0 Å². The normalized spacial score (nSPS) is 10.2. The highest BCUT2D eigenvalue weighted by Gasteiger charge is 2.06. The van der Waals surface area contributed by atoms with Crippen LogP contribution in [0.25, 0.3) is 0 Å². The minimum absolute atomic E-state index is 0.0471. The van der Waals surface area contributed by atoms with Crippen molar-refractivity contribution in [3.63, 3.8) is 0 Å². The monoisotopic (exact) mass is 258 g/mol. The maximum Gasteiger partial charge on any atom is 0.250 e. The molecule has 0 aliphatic heterocycles. The van der Waals surface area contributed by atoms with E-state index >= 15 is 0 Å². The summed E-state index contributed by atoms with van der Waals surface area (Å²) in [5, 5.41) is 3.05. The Morgan fingerprint density at radius 3 is 2.94 bits per heavy atom. The number of carbonyl (C=O) groups excluding carboxylic acids is 1. The van der Waals surface area contributed by atoms with Crippen LogP contribution in [-0.4, -0.2) is 32.8 Å². The maximum absolute atomic E-state index is 11.5. The van der Waals surface area contributed by atoms with Crippen LogP contribution in [0, 0.1) is 0 Å². The third-order valence-corrected chi connectivity index (χ3v) is 2.26. The summed E-state index contributed by atoms with van der Waals surface area (Å²) < 4.78 is 9.85. The molecule has 0 aliphatic carbocycles. The first-order valence-electron chi connectivity index (χ1n) is 5.05. The molecule has 3 N–H and O–H groups in total. The Morgan fingerprint density at radius 1 is 1.47 bits per heavy atom. The zero-order valence-corrected chi connectivity index (χ0v) is 10.3. The molecule has 1 aromatic rings. The summed E-state index contributed by atoms with van der Waals surface area (Å²) in [6.45, 7) is 0.773. The van der Waals surface area contributed by atoms with Crippen molar-refractivity contribution in [2.75, 3.05) is 38.0 Å². The highest BCUT2D eigenvalue weighted by molar-refractivity contribution is 6.33. The maximum atomic E-state index is 11.5. The predicted octanol–water partition coefficient (Wildman–Crippen LogP) is 1.52. The van der Waals surface area contributed by atoms with Gasteiger partial charge in [-0.1, -0.05) is 11.6 Å². The third-order valence-electron chi connectivity index (χ3n) is 1.93. The molecule has 0 saturated heterocycles. The van der Waals surface area contributed by atoms with Gasteiger partial charge in [0.15, 0.2) is 0 Å². The molecule has 5 nitrogen and oxygen atoms in total. The Labute approximate surface area is 105 Å². The summed E-state index contributed by atoms with van der Waals surface area (Å²) in [5.41, 5.74) is 6.60. The number of nitrogens with one attached hydrogen (secondary N) is 1. The number of nitrogen functional groups attached to an aromatic ring is 1. The third kappa shape index (κ3) is 5.04. The van der Waals surface area contributed by atoms with Gasteiger partial charge < -0.3 is 20.5 Å². The first-order chi connectivity index (χ1) is 8.13. The minimum atomic E-state index is -0.284. The van der Waals surface area contributed by atoms with Gasteiger partial charge >= 0.3 is 0 Å². The van der Waals surface area contributed by atoms with Crippen LogP contribution < -0.4 is 11.1 Å². The molecule has 0 unspecified atom stereocenters. The van der Waals surface area contributed by atoms with E-state index < -0.39 is 0 Å². The van der Waals surface area contributed by atoms with Crippen LogP contribution in [-0.2, 0) is 14.3 Å². The van der Waals surface area contributed by atoms with Gasteiger partial charge in [0.05, 0.1) is 23.9 Å². The summed E-state index contributed by atoms with van der Waals surface area (Å²) in [7, 11) is 1.57. The molecular formula is C11H15ClN2O3. The molecule has 0 radical (unpaired) electrons. The Hall–Kier alpha value is -1.30. The van der Waals surface area contributed by atoms with Crippen LogP contribution >= 0.6 is 11.6 Å². The molecule has 6 heteroatoms. The molecule has 94 valence electrons. The van der Waals surface area contributed by atoms with Crippen LogP contribution in [0.2, 0.25) is 5.02 Å². The smallest absolute Gasteiger partial charge is 0.250 e. The zero-order chi connectivity index (χ0) is 12.7. The number of methoxy groups -OCH3 is 1. The molecule has 0 aliphatic rings. The summed E-state index contributed by atoms with van der Waals surface area (Å²) >= 11 is 5.89. The van der Waals surface area contributed by atoms with Crippen molar-refractivity contribution in [1.29, 1.82) is 0 Å². The number of rotatable bonds is 6. The topological polar surface area (TPSA) is 73.6 Å². The largest absolute Gasteiger partial charge is 0.399 e. The Morgan fingerprint density at radius 2 is 2.24 bits per heavy atom. The summed E-state index contributed by atoms with van der Waals surface area (Å²) in [4.78, 5) is 11.5. The van der Waals surface area contributed by atoms with Crippen LogP contribution in [0.1, 0.15) is 0 Å². The van der Waals surface area contributed by atoms with Gasteiger partial charge in [-0.2, -0.15) is 0 Å². The second-order valence-electron chi connectivity index (χ2n) is 3.33. The van der Waals surface area contributed by atoms with Crippen molar-refractivity contribution in [2.45, 2.75) is 0 Å². The summed E-state index contributed by atoms with van der Waals surface area (Å²) in [6, 6.07) is 4.88. The average molecular weight is 259 g/mol. The number of amides is 1. The molecule has 1 aromatic carbocycles. The number of ether oxygens (including phenoxy) is 2. The van der Waals surface area contributed by atoms with Crippen molar-refractivity contribution in [2.24, 2.45) is 0 Å². The first kappa shape index (κ1) is 13.8. The number of benzene rings is 1. The average Bonchev–Trinajstić information content (AvgIpc) is 2.29. The van der Waals surface area contributed by atoms with E-state index in [9.17, 15) is 4.79 Å². The quantitative estimate of drug-likeness (QED) is 0.599. The van der Waals surface area contributed by atoms with Gasteiger partial charge in [0.25, 0.3) is 0 Å². The van der Waals surface area contributed by atoms with Crippen molar-refractivity contribution in [3.05, 3.63) is 23.2 Å². The number of carbonyl (C=O) groups is 1. The van der Waals surface area contributed by atoms with E-state index in [1.54, 1.807) is 25.3 Å². The molecule has 1 amide bonds. The molecule has 0 fully saturated rings. The molecule has 0 spiro atoms. The van der Waals surface area contributed by atoms with Crippen LogP contribution in [0.3, 0.4) is 0 Å². The van der Waals surface area contributed by atoms with E-state index in [4.69, 9.17) is 26.8 Å². The van der Waals surface area contributed by atoms with E-state index in [0.717, 1.165) is 0 Å². The number of hydrogen-bond donors (Lipinski definition) is 2. The van der Waals surface area contributed by atoms with E-state index in [0.29, 0.717) is 29.6 Å². The van der Waals surface area contributed by atoms with Crippen LogP contribution in [0.15, 0.2) is 18.2 Å². The zero-order valence-electron chi connectivity index (χ0n) is 9.53. The van der Waals surface area contributed by atoms with Gasteiger partial charge in [-0.05, 0) is 18.2 Å². The fourth-order valence-corrected chi connectivity index (χ4v) is 1.30. The Kier molecular flexibility index (Phi) is 5.76. The van der Waals surface area contributed by atoms with Gasteiger partial charge in [-0.15, -0.1) is 0 Å². The van der Waals surface area contributed by atoms with Gasteiger partial charge in [0.1, 0.15) is 6.61 Å². The molecule has 17 heavy (non-hydrogen) atoms. The number of hydrogen-bond acceptors (Lipinski definition) is 4. The number of anilines is 2. The van der Waals surface area contributed by atoms with Crippen LogP contribution in [0.5, 0.6) is 0 Å². The standard InChI is InChI=1S/C11H15ClN2O3/c1-16-4-5-17-7-11(15)14-10-6-8(13)2-3-9(10)12/h2-3,6H,4-5,7,13H2,1H3,(H,14,15). The van der Waals surface area contributed by atoms with Gasteiger partial charge in [0, 0.05) is 12.8 Å². The van der Waals surface area contributed by atoms with E-state index in [1.807, 2.05) is 0 Å². The fourth-order valence-electron chi connectivity index (χ4n) is 1.13. The van der Waals surface area contributed by atoms with Crippen LogP contribution in [0.4, 0.5) is 11.4 Å². The van der Waals surface area contributed by atoms with E-state index in [-0.39, 0.29) is 12.5 Å². The Bertz CT molecular complexity index is 385. The first-order valence-corrected chi connectivity index (χ1v) is 5.43. The highest BCUT2D eigenvalue weighted by Crippen LogP contribution is 2.23. The molecular weight excluding hydrogens is 244 g/mol. The Balaban J connectivity index is 2.42. The lowest BCUT2D eigenvalue weighted by Crippen LogP contribution is -2.19. The lowest BCUT2D eigenvalue weighted by molar-refractivity contribution is -0.121. The van der Waals surface area contributed by atoms with E-state index in [1.165, 1.54) is 0 Å². The van der Waals surface area contributed by atoms with Gasteiger partial charge in [-0.3, -0.25) is 4.79 Å².